The lowest BCUT2D eigenvalue weighted by Crippen LogP contribution is -2.20. The Labute approximate surface area is 108 Å². The molecule has 0 unspecified atom stereocenters. The fraction of sp³-hybridized carbons (Fsp3) is 0.273. The second-order valence-corrected chi connectivity index (χ2v) is 3.85. The summed E-state index contributed by atoms with van der Waals surface area (Å²) in [5, 5.41) is 31.4. The Morgan fingerprint density at radius 2 is 2.11 bits per heavy atom. The number of aromatic carboxylic acids is 1. The van der Waals surface area contributed by atoms with Gasteiger partial charge in [-0.3, -0.25) is 0 Å². The van der Waals surface area contributed by atoms with E-state index >= 15 is 0 Å². The summed E-state index contributed by atoms with van der Waals surface area (Å²) in [6.45, 7) is 0.0626. The van der Waals surface area contributed by atoms with Gasteiger partial charge in [-0.15, -0.1) is 5.10 Å². The van der Waals surface area contributed by atoms with Crippen molar-refractivity contribution in [1.82, 2.24) is 20.6 Å². The summed E-state index contributed by atoms with van der Waals surface area (Å²) in [7, 11) is 0. The Balaban J connectivity index is 1.83. The fourth-order valence-electron chi connectivity index (χ4n) is 1.43. The van der Waals surface area contributed by atoms with Crippen molar-refractivity contribution < 1.29 is 19.7 Å². The van der Waals surface area contributed by atoms with E-state index in [1.54, 1.807) is 0 Å². The summed E-state index contributed by atoms with van der Waals surface area (Å²) >= 11 is 0. The number of carboxylic acids is 1. The summed E-state index contributed by atoms with van der Waals surface area (Å²) in [5.41, 5.74) is 0.181. The van der Waals surface area contributed by atoms with E-state index in [0.29, 0.717) is 11.6 Å². The Morgan fingerprint density at radius 1 is 1.37 bits per heavy atom. The summed E-state index contributed by atoms with van der Waals surface area (Å²) in [6, 6.07) is 5.94. The van der Waals surface area contributed by atoms with Crippen LogP contribution in [0.4, 0.5) is 0 Å². The molecule has 1 atom stereocenters. The standard InChI is InChI=1S/C11H12N4O4/c16-8(5-10-12-14-15-13-10)6-19-9-3-1-7(2-4-9)11(17)18/h1-4,8,16H,5-6H2,(H,17,18)(H,12,13,14,15)/t8-/m1/s1. The Morgan fingerprint density at radius 3 is 2.68 bits per heavy atom. The van der Waals surface area contributed by atoms with E-state index in [-0.39, 0.29) is 18.6 Å². The molecule has 0 aliphatic heterocycles. The van der Waals surface area contributed by atoms with Crippen LogP contribution < -0.4 is 4.74 Å². The first-order chi connectivity index (χ1) is 9.15. The van der Waals surface area contributed by atoms with E-state index in [1.165, 1.54) is 24.3 Å². The fourth-order valence-corrected chi connectivity index (χ4v) is 1.43. The van der Waals surface area contributed by atoms with Crippen LogP contribution >= 0.6 is 0 Å². The van der Waals surface area contributed by atoms with Crippen LogP contribution in [0.1, 0.15) is 16.2 Å². The number of aromatic nitrogens is 4. The van der Waals surface area contributed by atoms with Gasteiger partial charge in [-0.1, -0.05) is 0 Å². The lowest BCUT2D eigenvalue weighted by molar-refractivity contribution is 0.0696. The molecule has 0 aliphatic carbocycles. The van der Waals surface area contributed by atoms with Crippen LogP contribution in [0.5, 0.6) is 5.75 Å². The number of H-pyrrole nitrogens is 1. The molecule has 1 heterocycles. The number of hydrogen-bond acceptors (Lipinski definition) is 6. The Hall–Kier alpha value is -2.48. The van der Waals surface area contributed by atoms with Gasteiger partial charge in [0.1, 0.15) is 12.4 Å². The van der Waals surface area contributed by atoms with Crippen LogP contribution in [0.25, 0.3) is 0 Å². The van der Waals surface area contributed by atoms with E-state index in [1.807, 2.05) is 0 Å². The third-order valence-corrected chi connectivity index (χ3v) is 2.36. The molecule has 1 aromatic carbocycles. The highest BCUT2D eigenvalue weighted by molar-refractivity contribution is 5.87. The lowest BCUT2D eigenvalue weighted by Gasteiger charge is -2.10. The molecule has 8 nitrogen and oxygen atoms in total. The van der Waals surface area contributed by atoms with E-state index < -0.39 is 12.1 Å². The van der Waals surface area contributed by atoms with Gasteiger partial charge >= 0.3 is 5.97 Å². The van der Waals surface area contributed by atoms with Gasteiger partial charge in [-0.25, -0.2) is 9.89 Å². The van der Waals surface area contributed by atoms with E-state index in [2.05, 4.69) is 20.6 Å². The normalized spacial score (nSPS) is 12.1. The zero-order valence-corrected chi connectivity index (χ0v) is 9.85. The third-order valence-electron chi connectivity index (χ3n) is 2.36. The summed E-state index contributed by atoms with van der Waals surface area (Å²) < 4.78 is 5.33. The molecule has 1 aromatic heterocycles. The quantitative estimate of drug-likeness (QED) is 0.664. The molecule has 3 N–H and O–H groups in total. The minimum absolute atomic E-state index is 0.0626. The number of ether oxygens (including phenoxy) is 1. The molecule has 8 heteroatoms. The van der Waals surface area contributed by atoms with E-state index in [9.17, 15) is 9.90 Å². The van der Waals surface area contributed by atoms with Crippen molar-refractivity contribution in [3.63, 3.8) is 0 Å². The lowest BCUT2D eigenvalue weighted by atomic mass is 10.2. The van der Waals surface area contributed by atoms with Crippen LogP contribution in [-0.2, 0) is 6.42 Å². The molecule has 100 valence electrons. The van der Waals surface area contributed by atoms with Crippen LogP contribution in [-0.4, -0.2) is 49.5 Å². The minimum Gasteiger partial charge on any atom is -0.491 e. The molecule has 0 saturated heterocycles. The zero-order chi connectivity index (χ0) is 13.7. The van der Waals surface area contributed by atoms with Gasteiger partial charge in [0.05, 0.1) is 11.7 Å². The first-order valence-corrected chi connectivity index (χ1v) is 5.52. The van der Waals surface area contributed by atoms with Crippen molar-refractivity contribution in [1.29, 1.82) is 0 Å². The van der Waals surface area contributed by atoms with Crippen molar-refractivity contribution in [2.24, 2.45) is 0 Å². The number of hydrogen-bond donors (Lipinski definition) is 3. The molecule has 0 radical (unpaired) electrons. The largest absolute Gasteiger partial charge is 0.491 e. The average Bonchev–Trinajstić information content (AvgIpc) is 2.89. The van der Waals surface area contributed by atoms with Crippen LogP contribution in [0.2, 0.25) is 0 Å². The number of carbonyl (C=O) groups is 1. The summed E-state index contributed by atoms with van der Waals surface area (Å²) in [4.78, 5) is 10.7. The van der Waals surface area contributed by atoms with Crippen molar-refractivity contribution in [3.05, 3.63) is 35.7 Å². The second-order valence-electron chi connectivity index (χ2n) is 3.85. The second kappa shape index (κ2) is 5.91. The predicted octanol–water partition coefficient (Wildman–Crippen LogP) is -0.120. The minimum atomic E-state index is -0.996. The molecule has 2 aromatic rings. The maximum Gasteiger partial charge on any atom is 0.335 e. The molecular weight excluding hydrogens is 252 g/mol. The maximum atomic E-state index is 10.7. The molecule has 0 amide bonds. The van der Waals surface area contributed by atoms with Gasteiger partial charge in [0.15, 0.2) is 5.82 Å². The molecule has 0 spiro atoms. The van der Waals surface area contributed by atoms with Crippen molar-refractivity contribution in [2.75, 3.05) is 6.61 Å². The average molecular weight is 264 g/mol. The number of carboxylic acid groups (broad SMARTS) is 1. The van der Waals surface area contributed by atoms with Crippen LogP contribution in [0.15, 0.2) is 24.3 Å². The number of nitrogens with one attached hydrogen (secondary N) is 1. The summed E-state index contributed by atoms with van der Waals surface area (Å²) in [6.07, 6.45) is -0.505. The van der Waals surface area contributed by atoms with Gasteiger partial charge in [0.2, 0.25) is 0 Å². The molecule has 2 rings (SSSR count). The smallest absolute Gasteiger partial charge is 0.335 e. The summed E-state index contributed by atoms with van der Waals surface area (Å²) in [5.74, 6) is -0.0403. The van der Waals surface area contributed by atoms with Gasteiger partial charge in [0, 0.05) is 6.42 Å². The number of aliphatic hydroxyl groups excluding tert-OH is 1. The zero-order valence-electron chi connectivity index (χ0n) is 9.85. The van der Waals surface area contributed by atoms with Crippen LogP contribution in [0, 0.1) is 0 Å². The SMILES string of the molecule is O=C(O)c1ccc(OC[C@H](O)Cc2nnn[nH]2)cc1. The monoisotopic (exact) mass is 264 g/mol. The number of benzene rings is 1. The maximum absolute atomic E-state index is 10.7. The highest BCUT2D eigenvalue weighted by Crippen LogP contribution is 2.12. The molecule has 0 saturated carbocycles. The molecule has 19 heavy (non-hydrogen) atoms. The van der Waals surface area contributed by atoms with E-state index in [0.717, 1.165) is 0 Å². The number of aromatic amines is 1. The molecular formula is C11H12N4O4. The van der Waals surface area contributed by atoms with Gasteiger partial charge < -0.3 is 14.9 Å². The highest BCUT2D eigenvalue weighted by Gasteiger charge is 2.09. The number of rotatable bonds is 6. The predicted molar refractivity (Wildman–Crippen MR) is 62.8 cm³/mol. The Bertz CT molecular complexity index is 526. The van der Waals surface area contributed by atoms with E-state index in [4.69, 9.17) is 9.84 Å². The van der Waals surface area contributed by atoms with Crippen LogP contribution in [0.3, 0.4) is 0 Å². The number of nitrogens with zero attached hydrogens (tertiary/aromatic N) is 3. The van der Waals surface area contributed by atoms with Crippen molar-refractivity contribution in [3.8, 4) is 5.75 Å². The molecule has 0 bridgehead atoms. The first kappa shape index (κ1) is 13.0. The molecule has 0 fully saturated rings. The van der Waals surface area contributed by atoms with Gasteiger partial charge in [-0.2, -0.15) is 0 Å². The van der Waals surface area contributed by atoms with Crippen molar-refractivity contribution in [2.45, 2.75) is 12.5 Å². The molecule has 0 aliphatic rings. The van der Waals surface area contributed by atoms with Gasteiger partial charge in [-0.05, 0) is 34.7 Å². The number of tetrazole rings is 1. The highest BCUT2D eigenvalue weighted by atomic mass is 16.5. The van der Waals surface area contributed by atoms with Crippen molar-refractivity contribution >= 4 is 5.97 Å². The first-order valence-electron chi connectivity index (χ1n) is 5.52. The Kier molecular flexibility index (Phi) is 4.04. The third kappa shape index (κ3) is 3.75. The van der Waals surface area contributed by atoms with Gasteiger partial charge in [0.25, 0.3) is 0 Å². The topological polar surface area (TPSA) is 121 Å². The number of aliphatic hydroxyl groups is 1.